The summed E-state index contributed by atoms with van der Waals surface area (Å²) < 4.78 is 0. The van der Waals surface area contributed by atoms with Crippen LogP contribution in [0.15, 0.2) is 0 Å². The number of carboxylic acids is 2. The Kier molecular flexibility index (Phi) is 30.9. The van der Waals surface area contributed by atoms with Gasteiger partial charge in [-0.3, -0.25) is 0 Å². The first-order valence-electron chi connectivity index (χ1n) is 9.49. The highest BCUT2D eigenvalue weighted by Crippen LogP contribution is 1.96. The molecule has 0 bridgehead atoms. The third kappa shape index (κ3) is 42.8. The Hall–Kier alpha value is -1.14. The summed E-state index contributed by atoms with van der Waals surface area (Å²) in [6.45, 7) is 14.1. The molecule has 6 nitrogen and oxygen atoms in total. The van der Waals surface area contributed by atoms with Crippen LogP contribution in [0, 0.1) is 0 Å². The number of unbranched alkanes of at least 4 members (excludes halogenated alkanes) is 1. The first-order valence-corrected chi connectivity index (χ1v) is 9.49. The summed E-state index contributed by atoms with van der Waals surface area (Å²) in [5.41, 5.74) is 0. The lowest BCUT2D eigenvalue weighted by atomic mass is 10.2. The number of rotatable bonds is 13. The second-order valence-corrected chi connectivity index (χ2v) is 5.68. The van der Waals surface area contributed by atoms with E-state index in [9.17, 15) is 19.8 Å². The first kappa shape index (κ1) is 27.7. The number of quaternary nitrogens is 2. The highest BCUT2D eigenvalue weighted by atomic mass is 16.4. The van der Waals surface area contributed by atoms with E-state index < -0.39 is 11.9 Å². The summed E-state index contributed by atoms with van der Waals surface area (Å²) in [7, 11) is 0. The molecule has 146 valence electrons. The Morgan fingerprint density at radius 2 is 0.875 bits per heavy atom. The van der Waals surface area contributed by atoms with E-state index in [0.29, 0.717) is 12.8 Å². The van der Waals surface area contributed by atoms with Gasteiger partial charge >= 0.3 is 0 Å². The van der Waals surface area contributed by atoms with E-state index in [4.69, 9.17) is 0 Å². The van der Waals surface area contributed by atoms with Gasteiger partial charge in [0.15, 0.2) is 0 Å². The molecule has 0 heterocycles. The quantitative estimate of drug-likeness (QED) is 0.406. The number of hydrogen-bond donors (Lipinski definition) is 2. The number of nitrogens with two attached hydrogens (primary N) is 2. The van der Waals surface area contributed by atoms with Gasteiger partial charge in [0, 0.05) is 11.9 Å². The third-order valence-corrected chi connectivity index (χ3v) is 2.98. The van der Waals surface area contributed by atoms with Crippen LogP contribution in [0.1, 0.15) is 79.1 Å². The van der Waals surface area contributed by atoms with Gasteiger partial charge in [-0.25, -0.2) is 0 Å². The van der Waals surface area contributed by atoms with Gasteiger partial charge < -0.3 is 30.4 Å². The van der Waals surface area contributed by atoms with Crippen LogP contribution >= 0.6 is 0 Å². The first-order chi connectivity index (χ1) is 11.5. The van der Waals surface area contributed by atoms with Crippen LogP contribution in [0.25, 0.3) is 0 Å². The topological polar surface area (TPSA) is 113 Å². The molecule has 0 spiro atoms. The molecule has 0 saturated carbocycles. The summed E-state index contributed by atoms with van der Waals surface area (Å²) in [6, 6.07) is 0. The molecule has 6 heteroatoms. The van der Waals surface area contributed by atoms with E-state index in [2.05, 4.69) is 38.3 Å². The van der Waals surface area contributed by atoms with Crippen molar-refractivity contribution in [2.75, 3.05) is 26.2 Å². The fourth-order valence-electron chi connectivity index (χ4n) is 1.64. The van der Waals surface area contributed by atoms with E-state index in [1.165, 1.54) is 51.9 Å². The minimum atomic E-state index is -1.14. The van der Waals surface area contributed by atoms with E-state index in [-0.39, 0.29) is 12.8 Å². The van der Waals surface area contributed by atoms with Crippen LogP contribution in [0.3, 0.4) is 0 Å². The maximum Gasteiger partial charge on any atom is 0.0752 e. The van der Waals surface area contributed by atoms with Crippen molar-refractivity contribution in [1.82, 2.24) is 0 Å². The number of carbonyl (C=O) groups excluding carboxylic acids is 2. The molecule has 0 fully saturated rings. The molecule has 0 aliphatic heterocycles. The van der Waals surface area contributed by atoms with Crippen molar-refractivity contribution in [3.8, 4) is 0 Å². The maximum absolute atomic E-state index is 9.77. The summed E-state index contributed by atoms with van der Waals surface area (Å²) in [4.78, 5) is 19.5. The Labute approximate surface area is 148 Å². The van der Waals surface area contributed by atoms with Crippen LogP contribution in [-0.4, -0.2) is 38.1 Å². The summed E-state index contributed by atoms with van der Waals surface area (Å²) in [5, 5.41) is 24.3. The molecule has 0 unspecified atom stereocenters. The van der Waals surface area contributed by atoms with Crippen molar-refractivity contribution in [2.45, 2.75) is 79.1 Å². The summed E-state index contributed by atoms with van der Waals surface area (Å²) in [5.74, 6) is -2.28. The van der Waals surface area contributed by atoms with E-state index >= 15 is 0 Å². The average Bonchev–Trinajstić information content (AvgIpc) is 2.54. The zero-order valence-electron chi connectivity index (χ0n) is 16.3. The smallest absolute Gasteiger partial charge is 0.0752 e. The van der Waals surface area contributed by atoms with Crippen molar-refractivity contribution in [1.29, 1.82) is 0 Å². The van der Waals surface area contributed by atoms with Crippen molar-refractivity contribution in [3.05, 3.63) is 0 Å². The maximum atomic E-state index is 9.77. The number of aliphatic carboxylic acids is 2. The van der Waals surface area contributed by atoms with Crippen LogP contribution in [-0.2, 0) is 9.59 Å². The Morgan fingerprint density at radius 1 is 0.625 bits per heavy atom. The largest absolute Gasteiger partial charge is 0.550 e. The number of carbonyl (C=O) groups is 2. The fourth-order valence-corrected chi connectivity index (χ4v) is 1.64. The molecule has 0 amide bonds. The minimum Gasteiger partial charge on any atom is -0.550 e. The molecule has 0 aliphatic carbocycles. The number of hydrogen-bond acceptors (Lipinski definition) is 4. The molecule has 0 aromatic rings. The van der Waals surface area contributed by atoms with Gasteiger partial charge in [0.2, 0.25) is 0 Å². The number of carboxylic acid groups (broad SMARTS) is 2. The molecular weight excluding hydrogens is 308 g/mol. The van der Waals surface area contributed by atoms with Crippen molar-refractivity contribution in [2.24, 2.45) is 0 Å². The van der Waals surface area contributed by atoms with Gasteiger partial charge in [0.05, 0.1) is 26.2 Å². The molecule has 0 aromatic carbocycles. The van der Waals surface area contributed by atoms with Crippen LogP contribution in [0.5, 0.6) is 0 Å². The van der Waals surface area contributed by atoms with Gasteiger partial charge in [-0.15, -0.1) is 0 Å². The van der Waals surface area contributed by atoms with Crippen LogP contribution in [0.2, 0.25) is 0 Å². The molecule has 0 rings (SSSR count). The minimum absolute atomic E-state index is 0.0761. The Bertz CT molecular complexity index is 227. The third-order valence-electron chi connectivity index (χ3n) is 2.98. The van der Waals surface area contributed by atoms with Gasteiger partial charge in [-0.2, -0.15) is 0 Å². The molecular formula is C18H40N2O4. The van der Waals surface area contributed by atoms with Gasteiger partial charge in [0.1, 0.15) is 0 Å². The van der Waals surface area contributed by atoms with Crippen molar-refractivity contribution < 1.29 is 30.4 Å². The van der Waals surface area contributed by atoms with Crippen molar-refractivity contribution in [3.63, 3.8) is 0 Å². The molecule has 0 aliphatic rings. The monoisotopic (exact) mass is 348 g/mol. The zero-order valence-corrected chi connectivity index (χ0v) is 16.3. The van der Waals surface area contributed by atoms with E-state index in [0.717, 1.165) is 0 Å². The molecule has 0 atom stereocenters. The lowest BCUT2D eigenvalue weighted by molar-refractivity contribution is -0.654. The van der Waals surface area contributed by atoms with E-state index in [1.807, 2.05) is 0 Å². The second kappa shape index (κ2) is 26.7. The van der Waals surface area contributed by atoms with Crippen molar-refractivity contribution >= 4 is 11.9 Å². The van der Waals surface area contributed by atoms with Crippen LogP contribution < -0.4 is 20.8 Å². The van der Waals surface area contributed by atoms with Gasteiger partial charge in [-0.1, -0.05) is 27.7 Å². The van der Waals surface area contributed by atoms with Gasteiger partial charge in [-0.05, 0) is 51.4 Å². The van der Waals surface area contributed by atoms with E-state index in [1.54, 1.807) is 0 Å². The Morgan fingerprint density at radius 3 is 1.04 bits per heavy atom. The SMILES string of the molecule is CCC[NH2+]CCC.CCC[NH2+]CCC.O=C([O-])CCCCC(=O)[O-]. The standard InChI is InChI=1S/2C6H15N.C6H10O4/c2*1-3-5-7-6-4-2;7-5(8)3-1-2-4-6(9)10/h2*7H,3-6H2,1-2H3;1-4H2,(H,7,8)(H,9,10). The molecule has 4 N–H and O–H groups in total. The second-order valence-electron chi connectivity index (χ2n) is 5.68. The predicted octanol–water partition coefficient (Wildman–Crippen LogP) is -1.21. The molecule has 0 saturated heterocycles. The molecule has 0 radical (unpaired) electrons. The fraction of sp³-hybridized carbons (Fsp3) is 0.889. The summed E-state index contributed by atoms with van der Waals surface area (Å²) >= 11 is 0. The highest BCUT2D eigenvalue weighted by Gasteiger charge is 1.89. The normalized spacial score (nSPS) is 9.33. The molecule has 24 heavy (non-hydrogen) atoms. The predicted molar refractivity (Wildman–Crippen MR) is 93.0 cm³/mol. The molecule has 0 aromatic heterocycles. The lowest BCUT2D eigenvalue weighted by Crippen LogP contribution is -2.84. The Balaban J connectivity index is -0.000000283. The lowest BCUT2D eigenvalue weighted by Gasteiger charge is -2.01. The van der Waals surface area contributed by atoms with Crippen LogP contribution in [0.4, 0.5) is 0 Å². The highest BCUT2D eigenvalue weighted by molar-refractivity contribution is 5.65. The van der Waals surface area contributed by atoms with Gasteiger partial charge in [0.25, 0.3) is 0 Å². The average molecular weight is 349 g/mol. The zero-order chi connectivity index (χ0) is 19.1. The summed E-state index contributed by atoms with van der Waals surface area (Å²) in [6.07, 6.45) is 5.76.